The minimum absolute atomic E-state index is 0.270. The summed E-state index contributed by atoms with van der Waals surface area (Å²) in [6, 6.07) is 0. The van der Waals surface area contributed by atoms with Crippen LogP contribution in [0.4, 0.5) is 0 Å². The van der Waals surface area contributed by atoms with Gasteiger partial charge in [0.15, 0.2) is 0 Å². The number of aromatic nitrogens is 1. The monoisotopic (exact) mass is 286 g/mol. The number of nitrogens with one attached hydrogen (secondary N) is 1. The van der Waals surface area contributed by atoms with Gasteiger partial charge in [-0.3, -0.25) is 4.79 Å². The molecule has 0 spiro atoms. The smallest absolute Gasteiger partial charge is 0.326 e. The third kappa shape index (κ3) is 4.24. The Labute approximate surface area is 118 Å². The van der Waals surface area contributed by atoms with Gasteiger partial charge in [0.25, 0.3) is 5.22 Å². The first-order valence-electron chi connectivity index (χ1n) is 6.33. The van der Waals surface area contributed by atoms with Crippen molar-refractivity contribution in [2.75, 3.05) is 19.4 Å². The van der Waals surface area contributed by atoms with Crippen LogP contribution in [0.3, 0.4) is 0 Å². The highest BCUT2D eigenvalue weighted by Gasteiger charge is 2.34. The van der Waals surface area contributed by atoms with Crippen molar-refractivity contribution < 1.29 is 13.9 Å². The van der Waals surface area contributed by atoms with Gasteiger partial charge in [0.1, 0.15) is 11.3 Å². The summed E-state index contributed by atoms with van der Waals surface area (Å²) in [6.45, 7) is 8.43. The van der Waals surface area contributed by atoms with E-state index in [1.54, 1.807) is 0 Å². The Morgan fingerprint density at radius 1 is 1.53 bits per heavy atom. The van der Waals surface area contributed by atoms with Crippen LogP contribution in [0.2, 0.25) is 0 Å². The van der Waals surface area contributed by atoms with Crippen LogP contribution in [0.5, 0.6) is 0 Å². The standard InChI is InChI=1S/C13H22N2O3S/c1-6-7-14-13(4,11(16)17-5)8-19-12-15-9(2)10(3)18-12/h14H,6-8H2,1-5H3. The number of hydrogen-bond donors (Lipinski definition) is 1. The van der Waals surface area contributed by atoms with E-state index < -0.39 is 5.54 Å². The normalized spacial score (nSPS) is 14.2. The minimum Gasteiger partial charge on any atom is -0.468 e. The number of carbonyl (C=O) groups excluding carboxylic acids is 1. The molecular formula is C13H22N2O3S. The van der Waals surface area contributed by atoms with Gasteiger partial charge in [0.05, 0.1) is 12.8 Å². The quantitative estimate of drug-likeness (QED) is 0.613. The molecule has 0 aromatic carbocycles. The van der Waals surface area contributed by atoms with Crippen molar-refractivity contribution in [3.8, 4) is 0 Å². The lowest BCUT2D eigenvalue weighted by atomic mass is 10.1. The van der Waals surface area contributed by atoms with E-state index >= 15 is 0 Å². The summed E-state index contributed by atoms with van der Waals surface area (Å²) in [5, 5.41) is 3.81. The Balaban J connectivity index is 2.69. The summed E-state index contributed by atoms with van der Waals surface area (Å²) in [5.41, 5.74) is 0.148. The van der Waals surface area contributed by atoms with E-state index in [0.29, 0.717) is 11.0 Å². The second-order valence-electron chi connectivity index (χ2n) is 4.66. The van der Waals surface area contributed by atoms with Crippen LogP contribution in [0, 0.1) is 13.8 Å². The molecule has 108 valence electrons. The second kappa shape index (κ2) is 6.96. The van der Waals surface area contributed by atoms with E-state index in [2.05, 4.69) is 17.2 Å². The van der Waals surface area contributed by atoms with Gasteiger partial charge >= 0.3 is 5.97 Å². The Morgan fingerprint density at radius 2 is 2.21 bits per heavy atom. The van der Waals surface area contributed by atoms with Gasteiger partial charge in [-0.05, 0) is 33.7 Å². The molecule has 1 N–H and O–H groups in total. The number of esters is 1. The minimum atomic E-state index is -0.730. The second-order valence-corrected chi connectivity index (χ2v) is 5.59. The van der Waals surface area contributed by atoms with Crippen molar-refractivity contribution in [3.63, 3.8) is 0 Å². The highest BCUT2D eigenvalue weighted by molar-refractivity contribution is 7.99. The Hall–Kier alpha value is -1.01. The molecule has 0 amide bonds. The molecule has 5 nitrogen and oxygen atoms in total. The van der Waals surface area contributed by atoms with E-state index in [1.165, 1.54) is 18.9 Å². The van der Waals surface area contributed by atoms with Gasteiger partial charge in [0, 0.05) is 5.75 Å². The van der Waals surface area contributed by atoms with Crippen molar-refractivity contribution in [2.45, 2.75) is 44.9 Å². The number of ether oxygens (including phenoxy) is 1. The summed E-state index contributed by atoms with van der Waals surface area (Å²) in [7, 11) is 1.40. The molecule has 1 unspecified atom stereocenters. The van der Waals surface area contributed by atoms with Crippen molar-refractivity contribution in [1.82, 2.24) is 10.3 Å². The molecule has 19 heavy (non-hydrogen) atoms. The average Bonchev–Trinajstić information content (AvgIpc) is 2.72. The van der Waals surface area contributed by atoms with Crippen LogP contribution in [0.15, 0.2) is 9.64 Å². The Bertz CT molecular complexity index is 414. The topological polar surface area (TPSA) is 64.4 Å². The number of carbonyl (C=O) groups is 1. The molecule has 0 saturated carbocycles. The maximum atomic E-state index is 11.9. The molecule has 0 aliphatic rings. The summed E-state index contributed by atoms with van der Waals surface area (Å²) >= 11 is 1.42. The lowest BCUT2D eigenvalue weighted by molar-refractivity contribution is -0.146. The molecule has 0 bridgehead atoms. The number of rotatable bonds is 7. The lowest BCUT2D eigenvalue weighted by Gasteiger charge is -2.26. The maximum Gasteiger partial charge on any atom is 0.326 e. The molecule has 0 saturated heterocycles. The summed E-state index contributed by atoms with van der Waals surface area (Å²) in [6.07, 6.45) is 0.953. The zero-order valence-electron chi connectivity index (χ0n) is 12.2. The number of thioether (sulfide) groups is 1. The van der Waals surface area contributed by atoms with Gasteiger partial charge < -0.3 is 14.5 Å². The molecule has 1 atom stereocenters. The highest BCUT2D eigenvalue weighted by atomic mass is 32.2. The molecule has 1 aromatic rings. The molecular weight excluding hydrogens is 264 g/mol. The molecule has 0 aliphatic carbocycles. The lowest BCUT2D eigenvalue weighted by Crippen LogP contribution is -2.52. The zero-order valence-corrected chi connectivity index (χ0v) is 13.0. The van der Waals surface area contributed by atoms with E-state index in [9.17, 15) is 4.79 Å². The van der Waals surface area contributed by atoms with Crippen molar-refractivity contribution >= 4 is 17.7 Å². The third-order valence-corrected chi connectivity index (χ3v) is 4.04. The first-order valence-corrected chi connectivity index (χ1v) is 7.31. The first kappa shape index (κ1) is 16.0. The van der Waals surface area contributed by atoms with E-state index in [4.69, 9.17) is 9.15 Å². The van der Waals surface area contributed by atoms with Crippen LogP contribution in [0.1, 0.15) is 31.7 Å². The van der Waals surface area contributed by atoms with Gasteiger partial charge in [-0.2, -0.15) is 0 Å². The molecule has 0 radical (unpaired) electrons. The largest absolute Gasteiger partial charge is 0.468 e. The van der Waals surface area contributed by atoms with Crippen LogP contribution in [-0.2, 0) is 9.53 Å². The fourth-order valence-corrected chi connectivity index (χ4v) is 2.54. The SMILES string of the molecule is CCCNC(C)(CSc1nc(C)c(C)o1)C(=O)OC. The number of aryl methyl sites for hydroxylation is 2. The molecule has 1 heterocycles. The van der Waals surface area contributed by atoms with Crippen LogP contribution < -0.4 is 5.32 Å². The number of methoxy groups -OCH3 is 1. The summed E-state index contributed by atoms with van der Waals surface area (Å²) < 4.78 is 10.4. The fraction of sp³-hybridized carbons (Fsp3) is 0.692. The number of nitrogens with zero attached hydrogens (tertiary/aromatic N) is 1. The molecule has 1 rings (SSSR count). The average molecular weight is 286 g/mol. The van der Waals surface area contributed by atoms with Gasteiger partial charge in [-0.25, -0.2) is 4.98 Å². The van der Waals surface area contributed by atoms with Gasteiger partial charge in [0.2, 0.25) is 0 Å². The molecule has 6 heteroatoms. The van der Waals surface area contributed by atoms with Gasteiger partial charge in [-0.15, -0.1) is 0 Å². The predicted octanol–water partition coefficient (Wildman–Crippen LogP) is 2.31. The Kier molecular flexibility index (Phi) is 5.87. The number of hydrogen-bond acceptors (Lipinski definition) is 6. The first-order chi connectivity index (χ1) is 8.92. The van der Waals surface area contributed by atoms with E-state index in [1.807, 2.05) is 20.8 Å². The highest BCUT2D eigenvalue weighted by Crippen LogP contribution is 2.24. The predicted molar refractivity (Wildman–Crippen MR) is 75.4 cm³/mol. The van der Waals surface area contributed by atoms with Gasteiger partial charge in [-0.1, -0.05) is 18.7 Å². The zero-order chi connectivity index (χ0) is 14.5. The van der Waals surface area contributed by atoms with E-state index in [0.717, 1.165) is 24.4 Å². The molecule has 0 fully saturated rings. The van der Waals surface area contributed by atoms with Crippen LogP contribution >= 0.6 is 11.8 Å². The van der Waals surface area contributed by atoms with Crippen molar-refractivity contribution in [1.29, 1.82) is 0 Å². The summed E-state index contributed by atoms with van der Waals surface area (Å²) in [4.78, 5) is 16.2. The number of oxazole rings is 1. The van der Waals surface area contributed by atoms with Crippen LogP contribution in [0.25, 0.3) is 0 Å². The van der Waals surface area contributed by atoms with Crippen molar-refractivity contribution in [2.24, 2.45) is 0 Å². The maximum absolute atomic E-state index is 11.9. The van der Waals surface area contributed by atoms with Crippen molar-refractivity contribution in [3.05, 3.63) is 11.5 Å². The summed E-state index contributed by atoms with van der Waals surface area (Å²) in [5.74, 6) is 1.05. The van der Waals surface area contributed by atoms with Crippen LogP contribution in [-0.4, -0.2) is 35.9 Å². The third-order valence-electron chi connectivity index (χ3n) is 2.89. The Morgan fingerprint density at radius 3 is 2.68 bits per heavy atom. The van der Waals surface area contributed by atoms with E-state index in [-0.39, 0.29) is 5.97 Å². The molecule has 0 aliphatic heterocycles. The molecule has 1 aromatic heterocycles. The fourth-order valence-electron chi connectivity index (χ4n) is 1.52.